The predicted octanol–water partition coefficient (Wildman–Crippen LogP) is 1.30. The Hall–Kier alpha value is -2.26. The van der Waals surface area contributed by atoms with Gasteiger partial charge in [-0.3, -0.25) is 0 Å². The normalized spacial score (nSPS) is 11.5. The first-order valence-electron chi connectivity index (χ1n) is 5.74. The maximum absolute atomic E-state index is 13.7. The maximum Gasteiger partial charge on any atom is 0.335 e. The highest BCUT2D eigenvalue weighted by Crippen LogP contribution is 2.16. The van der Waals surface area contributed by atoms with Crippen molar-refractivity contribution in [1.29, 1.82) is 0 Å². The summed E-state index contributed by atoms with van der Waals surface area (Å²) in [6, 6.07) is 4.10. The summed E-state index contributed by atoms with van der Waals surface area (Å²) in [4.78, 5) is 10.0. The van der Waals surface area contributed by atoms with Crippen molar-refractivity contribution in [2.24, 2.45) is 0 Å². The van der Waals surface area contributed by atoms with E-state index in [2.05, 4.69) is 9.88 Å². The number of sulfonamides is 1. The number of halogens is 1. The molecule has 1 aromatic carbocycles. The van der Waals surface area contributed by atoms with E-state index in [1.807, 2.05) is 0 Å². The molecule has 21 heavy (non-hydrogen) atoms. The summed E-state index contributed by atoms with van der Waals surface area (Å²) in [5.41, 5.74) is 0.0113. The van der Waals surface area contributed by atoms with Crippen LogP contribution < -0.4 is 4.72 Å². The molecule has 0 radical (unpaired) electrons. The Morgan fingerprint density at radius 1 is 1.43 bits per heavy atom. The summed E-state index contributed by atoms with van der Waals surface area (Å²) in [6.07, 6.45) is 0. The molecule has 1 heterocycles. The number of aromatic carboxylic acids is 1. The van der Waals surface area contributed by atoms with Gasteiger partial charge in [0.25, 0.3) is 0 Å². The summed E-state index contributed by atoms with van der Waals surface area (Å²) in [5.74, 6) is -1.97. The van der Waals surface area contributed by atoms with Gasteiger partial charge in [0, 0.05) is 6.07 Å². The quantitative estimate of drug-likeness (QED) is 0.861. The summed E-state index contributed by atoms with van der Waals surface area (Å²) >= 11 is 0. The Bertz CT molecular complexity index is 785. The molecule has 0 saturated heterocycles. The third-order valence-corrected chi connectivity index (χ3v) is 4.02. The topological polar surface area (TPSA) is 110 Å². The number of aryl methyl sites for hydroxylation is 1. The van der Waals surface area contributed by atoms with Gasteiger partial charge in [-0.1, -0.05) is 5.16 Å². The van der Waals surface area contributed by atoms with Crippen molar-refractivity contribution in [3.8, 4) is 0 Å². The molecule has 7 nitrogen and oxygen atoms in total. The fourth-order valence-electron chi connectivity index (χ4n) is 1.60. The van der Waals surface area contributed by atoms with Gasteiger partial charge in [0.2, 0.25) is 10.0 Å². The number of rotatable bonds is 5. The Morgan fingerprint density at radius 3 is 2.67 bits per heavy atom. The fraction of sp³-hybridized carbons (Fsp3) is 0.167. The van der Waals surface area contributed by atoms with Crippen molar-refractivity contribution in [2.75, 3.05) is 0 Å². The second kappa shape index (κ2) is 5.62. The number of carboxylic acid groups (broad SMARTS) is 1. The minimum atomic E-state index is -4.12. The van der Waals surface area contributed by atoms with Crippen LogP contribution in [0.3, 0.4) is 0 Å². The number of carboxylic acids is 1. The van der Waals surface area contributed by atoms with E-state index in [0.29, 0.717) is 17.5 Å². The van der Waals surface area contributed by atoms with Crippen LogP contribution in [0.5, 0.6) is 0 Å². The van der Waals surface area contributed by atoms with Crippen molar-refractivity contribution in [2.45, 2.75) is 18.4 Å². The molecule has 0 aliphatic heterocycles. The van der Waals surface area contributed by atoms with E-state index in [4.69, 9.17) is 9.63 Å². The summed E-state index contributed by atoms with van der Waals surface area (Å²) in [7, 11) is -4.12. The van der Waals surface area contributed by atoms with Crippen LogP contribution in [0.25, 0.3) is 0 Å². The standard InChI is InChI=1S/C12H11FN2O5S/c1-7-4-9(15-20-7)6-14-21(18,19)11-3-2-8(12(16)17)5-10(11)13/h2-5,14H,6H2,1H3,(H,16,17). The molecule has 112 valence electrons. The van der Waals surface area contributed by atoms with Crippen LogP contribution >= 0.6 is 0 Å². The average Bonchev–Trinajstić information content (AvgIpc) is 2.82. The highest BCUT2D eigenvalue weighted by Gasteiger charge is 2.20. The van der Waals surface area contributed by atoms with Crippen LogP contribution in [0.15, 0.2) is 33.7 Å². The second-order valence-electron chi connectivity index (χ2n) is 4.20. The molecule has 1 aromatic heterocycles. The SMILES string of the molecule is Cc1cc(CNS(=O)(=O)c2ccc(C(=O)O)cc2F)no1. The third-order valence-electron chi connectivity index (χ3n) is 2.59. The summed E-state index contributed by atoms with van der Waals surface area (Å²) < 4.78 is 44.6. The van der Waals surface area contributed by atoms with E-state index in [0.717, 1.165) is 12.1 Å². The van der Waals surface area contributed by atoms with Crippen molar-refractivity contribution in [3.63, 3.8) is 0 Å². The smallest absolute Gasteiger partial charge is 0.335 e. The first-order valence-corrected chi connectivity index (χ1v) is 7.22. The fourth-order valence-corrected chi connectivity index (χ4v) is 2.66. The molecule has 2 aromatic rings. The minimum Gasteiger partial charge on any atom is -0.478 e. The molecule has 0 atom stereocenters. The Balaban J connectivity index is 2.21. The lowest BCUT2D eigenvalue weighted by atomic mass is 10.2. The lowest BCUT2D eigenvalue weighted by Crippen LogP contribution is -2.24. The van der Waals surface area contributed by atoms with E-state index >= 15 is 0 Å². The van der Waals surface area contributed by atoms with Crippen LogP contribution in [-0.2, 0) is 16.6 Å². The molecule has 0 bridgehead atoms. The molecule has 0 aliphatic rings. The number of nitrogens with zero attached hydrogens (tertiary/aromatic N) is 1. The second-order valence-corrected chi connectivity index (χ2v) is 5.94. The molecule has 0 fully saturated rings. The zero-order valence-corrected chi connectivity index (χ0v) is 11.6. The lowest BCUT2D eigenvalue weighted by Gasteiger charge is -2.06. The number of hydrogen-bond acceptors (Lipinski definition) is 5. The van der Waals surface area contributed by atoms with Gasteiger partial charge in [-0.2, -0.15) is 0 Å². The van der Waals surface area contributed by atoms with Gasteiger partial charge in [0.1, 0.15) is 16.5 Å². The number of nitrogens with one attached hydrogen (secondary N) is 1. The van der Waals surface area contributed by atoms with Crippen molar-refractivity contribution in [3.05, 3.63) is 47.1 Å². The van der Waals surface area contributed by atoms with Crippen LogP contribution in [-0.4, -0.2) is 24.7 Å². The third kappa shape index (κ3) is 3.44. The Morgan fingerprint density at radius 2 is 2.14 bits per heavy atom. The first kappa shape index (κ1) is 15.1. The number of benzene rings is 1. The van der Waals surface area contributed by atoms with Gasteiger partial charge >= 0.3 is 5.97 Å². The molecule has 0 unspecified atom stereocenters. The van der Waals surface area contributed by atoms with Crippen LogP contribution in [0.4, 0.5) is 4.39 Å². The van der Waals surface area contributed by atoms with E-state index in [1.54, 1.807) is 6.92 Å². The Labute approximate surface area is 119 Å². The molecule has 9 heteroatoms. The highest BCUT2D eigenvalue weighted by molar-refractivity contribution is 7.89. The van der Waals surface area contributed by atoms with Crippen LogP contribution in [0, 0.1) is 12.7 Å². The monoisotopic (exact) mass is 314 g/mol. The van der Waals surface area contributed by atoms with Crippen molar-refractivity contribution in [1.82, 2.24) is 9.88 Å². The predicted molar refractivity (Wildman–Crippen MR) is 68.6 cm³/mol. The van der Waals surface area contributed by atoms with E-state index in [9.17, 15) is 17.6 Å². The van der Waals surface area contributed by atoms with Gasteiger partial charge < -0.3 is 9.63 Å². The maximum atomic E-state index is 13.7. The van der Waals surface area contributed by atoms with Gasteiger partial charge in [0.15, 0.2) is 0 Å². The highest BCUT2D eigenvalue weighted by atomic mass is 32.2. The van der Waals surface area contributed by atoms with Gasteiger partial charge in [-0.05, 0) is 25.1 Å². The zero-order chi connectivity index (χ0) is 15.6. The lowest BCUT2D eigenvalue weighted by molar-refractivity contribution is 0.0696. The molecule has 0 aliphatic carbocycles. The van der Waals surface area contributed by atoms with Gasteiger partial charge in [-0.25, -0.2) is 22.3 Å². The number of hydrogen-bond donors (Lipinski definition) is 2. The molecule has 0 amide bonds. The van der Waals surface area contributed by atoms with Crippen LogP contribution in [0.1, 0.15) is 21.8 Å². The average molecular weight is 314 g/mol. The number of carbonyl (C=O) groups is 1. The molecule has 2 rings (SSSR count). The molecule has 0 saturated carbocycles. The van der Waals surface area contributed by atoms with Crippen molar-refractivity contribution < 1.29 is 27.2 Å². The molecular weight excluding hydrogens is 303 g/mol. The Kier molecular flexibility index (Phi) is 4.05. The van der Waals surface area contributed by atoms with Gasteiger partial charge in [-0.15, -0.1) is 0 Å². The van der Waals surface area contributed by atoms with E-state index < -0.39 is 26.7 Å². The van der Waals surface area contributed by atoms with Gasteiger partial charge in [0.05, 0.1) is 17.8 Å². The zero-order valence-electron chi connectivity index (χ0n) is 10.8. The van der Waals surface area contributed by atoms with E-state index in [1.165, 1.54) is 6.07 Å². The first-order chi connectivity index (χ1) is 9.79. The summed E-state index contributed by atoms with van der Waals surface area (Å²) in [5, 5.41) is 12.3. The molecule has 0 spiro atoms. The number of aromatic nitrogens is 1. The van der Waals surface area contributed by atoms with Crippen LogP contribution in [0.2, 0.25) is 0 Å². The molecular formula is C12H11FN2O5S. The van der Waals surface area contributed by atoms with E-state index in [-0.39, 0.29) is 12.1 Å². The minimum absolute atomic E-state index is 0.167. The summed E-state index contributed by atoms with van der Waals surface area (Å²) in [6.45, 7) is 1.48. The largest absolute Gasteiger partial charge is 0.478 e. The van der Waals surface area contributed by atoms with Crippen molar-refractivity contribution >= 4 is 16.0 Å². The molecule has 2 N–H and O–H groups in total.